The second-order valence-electron chi connectivity index (χ2n) is 6.90. The summed E-state index contributed by atoms with van der Waals surface area (Å²) in [7, 11) is 0. The molecule has 0 aromatic heterocycles. The Morgan fingerprint density at radius 3 is 2.43 bits per heavy atom. The molecule has 2 amide bonds. The van der Waals surface area contributed by atoms with Crippen molar-refractivity contribution in [2.45, 2.75) is 18.9 Å². The van der Waals surface area contributed by atoms with Crippen molar-refractivity contribution in [2.24, 2.45) is 11.7 Å². The molecule has 3 rings (SSSR count). The average Bonchev–Trinajstić information content (AvgIpc) is 3.17. The summed E-state index contributed by atoms with van der Waals surface area (Å²) in [6, 6.07) is 15.7. The lowest BCUT2D eigenvalue weighted by Gasteiger charge is -2.24. The van der Waals surface area contributed by atoms with E-state index in [0.29, 0.717) is 42.6 Å². The van der Waals surface area contributed by atoms with Crippen molar-refractivity contribution in [3.05, 3.63) is 70.7 Å². The zero-order valence-corrected chi connectivity index (χ0v) is 17.1. The van der Waals surface area contributed by atoms with E-state index in [-0.39, 0.29) is 24.2 Å². The Kier molecular flexibility index (Phi) is 8.30. The van der Waals surface area contributed by atoms with Crippen LogP contribution in [-0.4, -0.2) is 42.4 Å². The number of halogens is 2. The lowest BCUT2D eigenvalue weighted by molar-refractivity contribution is -0.132. The van der Waals surface area contributed by atoms with E-state index in [4.69, 9.17) is 17.3 Å². The largest absolute Gasteiger partial charge is 0.341 e. The Bertz CT molecular complexity index is 784. The van der Waals surface area contributed by atoms with Crippen LogP contribution in [0.2, 0.25) is 5.02 Å². The van der Waals surface area contributed by atoms with Gasteiger partial charge in [0, 0.05) is 30.1 Å². The highest BCUT2D eigenvalue weighted by Gasteiger charge is 2.31. The number of likely N-dealkylation sites (tertiary alicyclic amines) is 1. The van der Waals surface area contributed by atoms with Gasteiger partial charge in [0.15, 0.2) is 0 Å². The third-order valence-electron chi connectivity index (χ3n) is 4.92. The Morgan fingerprint density at radius 2 is 1.82 bits per heavy atom. The summed E-state index contributed by atoms with van der Waals surface area (Å²) >= 11 is 5.89. The normalized spacial score (nSPS) is 16.9. The SMILES string of the molecule is Cl.NCC1CCN(C(=O)C(Cc2ccccc2)NC(=O)c2ccc(Cl)cc2)C1. The molecule has 0 spiro atoms. The van der Waals surface area contributed by atoms with E-state index in [1.54, 1.807) is 24.3 Å². The van der Waals surface area contributed by atoms with Crippen LogP contribution in [-0.2, 0) is 11.2 Å². The van der Waals surface area contributed by atoms with Crippen molar-refractivity contribution in [1.82, 2.24) is 10.2 Å². The van der Waals surface area contributed by atoms with Crippen molar-refractivity contribution >= 4 is 35.8 Å². The molecule has 1 saturated heterocycles. The van der Waals surface area contributed by atoms with Crippen molar-refractivity contribution < 1.29 is 9.59 Å². The number of carbonyl (C=O) groups is 2. The van der Waals surface area contributed by atoms with Crippen molar-refractivity contribution in [2.75, 3.05) is 19.6 Å². The minimum absolute atomic E-state index is 0. The first kappa shape index (κ1) is 22.2. The number of carbonyl (C=O) groups excluding carboxylic acids is 2. The van der Waals surface area contributed by atoms with Gasteiger partial charge >= 0.3 is 0 Å². The van der Waals surface area contributed by atoms with Gasteiger partial charge in [-0.2, -0.15) is 0 Å². The van der Waals surface area contributed by atoms with Crippen molar-refractivity contribution in [3.63, 3.8) is 0 Å². The van der Waals surface area contributed by atoms with Gasteiger partial charge in [-0.05, 0) is 48.7 Å². The zero-order valence-electron chi connectivity index (χ0n) is 15.5. The molecule has 0 bridgehead atoms. The standard InChI is InChI=1S/C21H24ClN3O2.ClH/c22-18-8-6-17(7-9-18)20(26)24-19(12-15-4-2-1-3-5-15)21(27)25-11-10-16(13-23)14-25;/h1-9,16,19H,10-14,23H2,(H,24,26);1H. The molecule has 2 aromatic carbocycles. The summed E-state index contributed by atoms with van der Waals surface area (Å²) in [5.41, 5.74) is 7.23. The van der Waals surface area contributed by atoms with E-state index in [1.165, 1.54) is 0 Å². The van der Waals surface area contributed by atoms with Crippen LogP contribution in [0.5, 0.6) is 0 Å². The Balaban J connectivity index is 0.00000280. The molecule has 2 aromatic rings. The molecular weight excluding hydrogens is 397 g/mol. The Hall–Kier alpha value is -2.08. The van der Waals surface area contributed by atoms with Gasteiger partial charge in [-0.25, -0.2) is 0 Å². The van der Waals surface area contributed by atoms with Crippen LogP contribution in [0, 0.1) is 5.92 Å². The highest BCUT2D eigenvalue weighted by molar-refractivity contribution is 6.30. The van der Waals surface area contributed by atoms with Crippen LogP contribution in [0.15, 0.2) is 54.6 Å². The van der Waals surface area contributed by atoms with E-state index in [9.17, 15) is 9.59 Å². The van der Waals surface area contributed by atoms with Gasteiger partial charge in [0.1, 0.15) is 6.04 Å². The molecule has 1 aliphatic heterocycles. The molecule has 5 nitrogen and oxygen atoms in total. The lowest BCUT2D eigenvalue weighted by Crippen LogP contribution is -2.49. The molecule has 3 N–H and O–H groups in total. The molecule has 1 heterocycles. The first-order chi connectivity index (χ1) is 13.1. The zero-order chi connectivity index (χ0) is 19.2. The highest BCUT2D eigenvalue weighted by atomic mass is 35.5. The maximum absolute atomic E-state index is 13.1. The molecule has 2 atom stereocenters. The monoisotopic (exact) mass is 421 g/mol. The van der Waals surface area contributed by atoms with Gasteiger partial charge in [0.2, 0.25) is 5.91 Å². The maximum atomic E-state index is 13.1. The van der Waals surface area contributed by atoms with E-state index in [0.717, 1.165) is 12.0 Å². The van der Waals surface area contributed by atoms with E-state index in [1.807, 2.05) is 35.2 Å². The van der Waals surface area contributed by atoms with Crippen molar-refractivity contribution in [3.8, 4) is 0 Å². The van der Waals surface area contributed by atoms with Gasteiger partial charge in [-0.3, -0.25) is 9.59 Å². The smallest absolute Gasteiger partial charge is 0.251 e. The fourth-order valence-electron chi connectivity index (χ4n) is 3.34. The predicted molar refractivity (Wildman–Crippen MR) is 114 cm³/mol. The predicted octanol–water partition coefficient (Wildman–Crippen LogP) is 2.91. The molecule has 1 aliphatic rings. The summed E-state index contributed by atoms with van der Waals surface area (Å²) in [6.45, 7) is 1.91. The number of nitrogens with one attached hydrogen (secondary N) is 1. The summed E-state index contributed by atoms with van der Waals surface area (Å²) in [6.07, 6.45) is 1.36. The van der Waals surface area contributed by atoms with Crippen LogP contribution >= 0.6 is 24.0 Å². The highest BCUT2D eigenvalue weighted by Crippen LogP contribution is 2.17. The Morgan fingerprint density at radius 1 is 1.14 bits per heavy atom. The number of benzene rings is 2. The lowest BCUT2D eigenvalue weighted by atomic mass is 10.0. The Labute approximate surface area is 176 Å². The molecule has 0 radical (unpaired) electrons. The third kappa shape index (κ3) is 5.71. The molecule has 0 aliphatic carbocycles. The molecule has 7 heteroatoms. The minimum atomic E-state index is -0.618. The summed E-state index contributed by atoms with van der Waals surface area (Å²) in [5.74, 6) is -0.00840. The van der Waals surface area contributed by atoms with E-state index < -0.39 is 6.04 Å². The summed E-state index contributed by atoms with van der Waals surface area (Å²) in [5, 5.41) is 3.47. The molecule has 0 saturated carbocycles. The fourth-order valence-corrected chi connectivity index (χ4v) is 3.46. The second kappa shape index (κ2) is 10.5. The van der Waals surface area contributed by atoms with Gasteiger partial charge in [0.25, 0.3) is 5.91 Å². The number of nitrogens with two attached hydrogens (primary N) is 1. The van der Waals surface area contributed by atoms with Crippen LogP contribution in [0.3, 0.4) is 0 Å². The first-order valence-electron chi connectivity index (χ1n) is 9.16. The van der Waals surface area contributed by atoms with Gasteiger partial charge in [-0.1, -0.05) is 41.9 Å². The van der Waals surface area contributed by atoms with E-state index >= 15 is 0 Å². The summed E-state index contributed by atoms with van der Waals surface area (Å²) < 4.78 is 0. The quantitative estimate of drug-likeness (QED) is 0.752. The van der Waals surface area contributed by atoms with Crippen LogP contribution in [0.1, 0.15) is 22.3 Å². The van der Waals surface area contributed by atoms with E-state index in [2.05, 4.69) is 5.32 Å². The average molecular weight is 422 g/mol. The maximum Gasteiger partial charge on any atom is 0.251 e. The van der Waals surface area contributed by atoms with Crippen LogP contribution < -0.4 is 11.1 Å². The second-order valence-corrected chi connectivity index (χ2v) is 7.33. The molecule has 2 unspecified atom stereocenters. The first-order valence-corrected chi connectivity index (χ1v) is 9.54. The van der Waals surface area contributed by atoms with Gasteiger partial charge in [0.05, 0.1) is 0 Å². The number of hydrogen-bond acceptors (Lipinski definition) is 3. The number of rotatable bonds is 6. The molecule has 150 valence electrons. The third-order valence-corrected chi connectivity index (χ3v) is 5.18. The molecule has 28 heavy (non-hydrogen) atoms. The van der Waals surface area contributed by atoms with Gasteiger partial charge in [-0.15, -0.1) is 12.4 Å². The van der Waals surface area contributed by atoms with Crippen LogP contribution in [0.25, 0.3) is 0 Å². The topological polar surface area (TPSA) is 75.4 Å². The molecular formula is C21H25Cl2N3O2. The van der Waals surface area contributed by atoms with Crippen molar-refractivity contribution in [1.29, 1.82) is 0 Å². The number of nitrogens with zero attached hydrogens (tertiary/aromatic N) is 1. The molecule has 1 fully saturated rings. The number of hydrogen-bond donors (Lipinski definition) is 2. The minimum Gasteiger partial charge on any atom is -0.341 e. The van der Waals surface area contributed by atoms with Gasteiger partial charge < -0.3 is 16.0 Å². The fraction of sp³-hybridized carbons (Fsp3) is 0.333. The number of amides is 2. The summed E-state index contributed by atoms with van der Waals surface area (Å²) in [4.78, 5) is 27.5. The van der Waals surface area contributed by atoms with Crippen LogP contribution in [0.4, 0.5) is 0 Å².